The Bertz CT molecular complexity index is 1580. The van der Waals surface area contributed by atoms with Gasteiger partial charge in [0.15, 0.2) is 0 Å². The molecular weight excluding hydrogens is 532 g/mol. The van der Waals surface area contributed by atoms with Crippen LogP contribution in [-0.2, 0) is 38.4 Å². The van der Waals surface area contributed by atoms with Gasteiger partial charge in [0.1, 0.15) is 0 Å². The smallest absolute Gasteiger partial charge is 0.258 e. The summed E-state index contributed by atoms with van der Waals surface area (Å²) in [7, 11) is 0. The van der Waals surface area contributed by atoms with E-state index in [0.717, 1.165) is 19.6 Å². The number of nitrogens with zero attached hydrogens (tertiary/aromatic N) is 4. The van der Waals surface area contributed by atoms with Gasteiger partial charge in [0.2, 0.25) is 0 Å². The van der Waals surface area contributed by atoms with Crippen LogP contribution in [0.1, 0.15) is 5.56 Å². The monoisotopic (exact) mass is 550 g/mol. The lowest BCUT2D eigenvalue weighted by Gasteiger charge is -2.20. The van der Waals surface area contributed by atoms with Crippen LogP contribution in [0.2, 0.25) is 0 Å². The molecule has 2 aromatic carbocycles. The molecule has 0 saturated carbocycles. The summed E-state index contributed by atoms with van der Waals surface area (Å²) < 4.78 is 0. The molecular formula is C29H18N4O8. The first-order chi connectivity index (χ1) is 19.6. The van der Waals surface area contributed by atoms with Gasteiger partial charge in [-0.1, -0.05) is 6.07 Å². The van der Waals surface area contributed by atoms with Gasteiger partial charge in [-0.05, 0) is 48.9 Å². The number of aryl methyl sites for hydroxylation is 1. The predicted octanol–water partition coefficient (Wildman–Crippen LogP) is 1.40. The lowest BCUT2D eigenvalue weighted by atomic mass is 10.1. The molecule has 8 amide bonds. The van der Waals surface area contributed by atoms with Crippen molar-refractivity contribution in [2.45, 2.75) is 6.92 Å². The minimum Gasteiger partial charge on any atom is -0.269 e. The molecule has 0 aliphatic carbocycles. The maximum absolute atomic E-state index is 11.8. The minimum absolute atomic E-state index is 0.322. The van der Waals surface area contributed by atoms with Gasteiger partial charge in [-0.15, -0.1) is 0 Å². The van der Waals surface area contributed by atoms with Gasteiger partial charge < -0.3 is 0 Å². The number of rotatable bonds is 4. The summed E-state index contributed by atoms with van der Waals surface area (Å²) in [5.74, 6) is -3.47. The van der Waals surface area contributed by atoms with Crippen LogP contribution in [0.3, 0.4) is 0 Å². The molecule has 0 atom stereocenters. The van der Waals surface area contributed by atoms with Gasteiger partial charge in [-0.3, -0.25) is 38.4 Å². The number of anilines is 4. The van der Waals surface area contributed by atoms with E-state index in [9.17, 15) is 38.4 Å². The Hall–Kier alpha value is -6.04. The molecule has 4 aliphatic heterocycles. The van der Waals surface area contributed by atoms with Crippen molar-refractivity contribution < 1.29 is 38.4 Å². The summed E-state index contributed by atoms with van der Waals surface area (Å²) in [5.41, 5.74) is 2.15. The molecule has 0 saturated heterocycles. The van der Waals surface area contributed by atoms with Crippen LogP contribution in [0, 0.1) is 6.92 Å². The molecule has 2 aromatic rings. The Kier molecular flexibility index (Phi) is 6.65. The molecule has 0 N–H and O–H groups in total. The third-order valence-corrected chi connectivity index (χ3v) is 6.29. The second-order valence-electron chi connectivity index (χ2n) is 8.87. The molecule has 0 radical (unpaired) electrons. The molecule has 0 bridgehead atoms. The zero-order valence-electron chi connectivity index (χ0n) is 21.2. The van der Waals surface area contributed by atoms with Crippen LogP contribution < -0.4 is 19.6 Å². The third kappa shape index (κ3) is 4.81. The number of hydrogen-bond donors (Lipinski definition) is 0. The van der Waals surface area contributed by atoms with E-state index in [0.29, 0.717) is 28.3 Å². The van der Waals surface area contributed by atoms with Crippen LogP contribution in [0.15, 0.2) is 91.1 Å². The molecule has 0 aromatic heterocycles. The molecule has 202 valence electrons. The third-order valence-electron chi connectivity index (χ3n) is 6.29. The standard InChI is InChI=1S/C15H10N2O4.C14H8N2O4/c1-9-2-3-10(16-12(18)4-5-13(16)19)8-11(9)17-14(20)6-7-15(17)21;17-11-5-6-12(18)15(11)9-1-2-10(4-3-9)16-13(19)7-8-14(16)20/h2-8H,1H3;1-8H. The van der Waals surface area contributed by atoms with Crippen molar-refractivity contribution in [1.29, 1.82) is 0 Å². The Morgan fingerprint density at radius 1 is 0.366 bits per heavy atom. The van der Waals surface area contributed by atoms with Crippen molar-refractivity contribution in [3.8, 4) is 0 Å². The summed E-state index contributed by atoms with van der Waals surface area (Å²) in [4.78, 5) is 97.0. The van der Waals surface area contributed by atoms with Crippen LogP contribution in [0.5, 0.6) is 0 Å². The molecule has 41 heavy (non-hydrogen) atoms. The van der Waals surface area contributed by atoms with Crippen molar-refractivity contribution in [2.24, 2.45) is 0 Å². The van der Waals surface area contributed by atoms with Gasteiger partial charge in [0.25, 0.3) is 47.3 Å². The second-order valence-corrected chi connectivity index (χ2v) is 8.87. The lowest BCUT2D eigenvalue weighted by molar-refractivity contribution is -0.121. The van der Waals surface area contributed by atoms with Crippen molar-refractivity contribution >= 4 is 70.0 Å². The van der Waals surface area contributed by atoms with Crippen molar-refractivity contribution in [2.75, 3.05) is 19.6 Å². The highest BCUT2D eigenvalue weighted by atomic mass is 16.2. The van der Waals surface area contributed by atoms with E-state index in [2.05, 4.69) is 0 Å². The van der Waals surface area contributed by atoms with Crippen molar-refractivity contribution in [1.82, 2.24) is 0 Å². The quantitative estimate of drug-likeness (QED) is 0.519. The van der Waals surface area contributed by atoms with Gasteiger partial charge in [0.05, 0.1) is 22.7 Å². The van der Waals surface area contributed by atoms with E-state index in [1.54, 1.807) is 19.1 Å². The second kappa shape index (κ2) is 10.3. The fourth-order valence-electron chi connectivity index (χ4n) is 4.33. The van der Waals surface area contributed by atoms with Crippen molar-refractivity contribution in [3.63, 3.8) is 0 Å². The molecule has 12 nitrogen and oxygen atoms in total. The maximum atomic E-state index is 11.8. The molecule has 12 heteroatoms. The summed E-state index contributed by atoms with van der Waals surface area (Å²) in [5, 5.41) is 0. The van der Waals surface area contributed by atoms with E-state index in [1.807, 2.05) is 0 Å². The zero-order chi connectivity index (χ0) is 29.4. The Labute approximate surface area is 231 Å². The number of benzene rings is 2. The average Bonchev–Trinajstić information content (AvgIpc) is 3.67. The van der Waals surface area contributed by atoms with Gasteiger partial charge in [-0.25, -0.2) is 19.6 Å². The Morgan fingerprint density at radius 3 is 0.976 bits per heavy atom. The fourth-order valence-corrected chi connectivity index (χ4v) is 4.33. The maximum Gasteiger partial charge on any atom is 0.258 e. The highest BCUT2D eigenvalue weighted by molar-refractivity contribution is 6.31. The average molecular weight is 550 g/mol. The molecule has 4 heterocycles. The summed E-state index contributed by atoms with van der Waals surface area (Å²) >= 11 is 0. The largest absolute Gasteiger partial charge is 0.269 e. The molecule has 0 unspecified atom stereocenters. The van der Waals surface area contributed by atoms with Crippen LogP contribution in [-0.4, -0.2) is 47.3 Å². The predicted molar refractivity (Wildman–Crippen MR) is 144 cm³/mol. The first-order valence-corrected chi connectivity index (χ1v) is 12.0. The molecule has 6 rings (SSSR count). The fraction of sp³-hybridized carbons (Fsp3) is 0.0345. The van der Waals surface area contributed by atoms with Gasteiger partial charge in [-0.2, -0.15) is 0 Å². The van der Waals surface area contributed by atoms with E-state index in [4.69, 9.17) is 0 Å². The Balaban J connectivity index is 0.000000165. The number of amides is 8. The van der Waals surface area contributed by atoms with Crippen LogP contribution in [0.25, 0.3) is 0 Å². The zero-order valence-corrected chi connectivity index (χ0v) is 21.2. The first kappa shape index (κ1) is 26.6. The number of hydrogen-bond acceptors (Lipinski definition) is 8. The lowest BCUT2D eigenvalue weighted by Crippen LogP contribution is -2.32. The first-order valence-electron chi connectivity index (χ1n) is 12.0. The van der Waals surface area contributed by atoms with Crippen molar-refractivity contribution in [3.05, 3.63) is 96.6 Å². The van der Waals surface area contributed by atoms with Gasteiger partial charge >= 0.3 is 0 Å². The topological polar surface area (TPSA) is 150 Å². The summed E-state index contributed by atoms with van der Waals surface area (Å²) in [6.07, 6.45) is 9.47. The molecule has 0 spiro atoms. The van der Waals surface area contributed by atoms with Gasteiger partial charge in [0, 0.05) is 48.6 Å². The summed E-state index contributed by atoms with van der Waals surface area (Å²) in [6, 6.07) is 10.8. The highest BCUT2D eigenvalue weighted by Crippen LogP contribution is 2.30. The van der Waals surface area contributed by atoms with E-state index in [1.165, 1.54) is 78.9 Å². The molecule has 0 fully saturated rings. The minimum atomic E-state index is -0.452. The van der Waals surface area contributed by atoms with E-state index < -0.39 is 47.3 Å². The van der Waals surface area contributed by atoms with Crippen LogP contribution in [0.4, 0.5) is 22.7 Å². The number of imide groups is 4. The normalized spacial score (nSPS) is 17.7. The Morgan fingerprint density at radius 2 is 0.634 bits per heavy atom. The summed E-state index contributed by atoms with van der Waals surface area (Å²) in [6.45, 7) is 1.74. The highest BCUT2D eigenvalue weighted by Gasteiger charge is 2.30. The number of carbonyl (C=O) groups is 8. The van der Waals surface area contributed by atoms with Crippen LogP contribution >= 0.6 is 0 Å². The van der Waals surface area contributed by atoms with E-state index >= 15 is 0 Å². The number of carbonyl (C=O) groups excluding carboxylic acids is 8. The van der Waals surface area contributed by atoms with E-state index in [-0.39, 0.29) is 0 Å². The molecule has 4 aliphatic rings. The SMILES string of the molecule is Cc1ccc(N2C(=O)C=CC2=O)cc1N1C(=O)C=CC1=O.O=C1C=CC(=O)N1c1ccc(N2C(=O)C=CC2=O)cc1.